The van der Waals surface area contributed by atoms with E-state index in [4.69, 9.17) is 0 Å². The quantitative estimate of drug-likeness (QED) is 0.740. The third kappa shape index (κ3) is 2.25. The molecular weight excluding hydrogens is 256 g/mol. The first-order valence-corrected chi connectivity index (χ1v) is 7.75. The SMILES string of the molecule is CC1(C)CCC(C)(C)c2c1ccc(-c1ccccc1)c2O. The monoisotopic (exact) mass is 280 g/mol. The van der Waals surface area contributed by atoms with Crippen molar-refractivity contribution >= 4 is 0 Å². The molecule has 0 amide bonds. The predicted octanol–water partition coefficient (Wildman–Crippen LogP) is 5.41. The largest absolute Gasteiger partial charge is 0.507 e. The highest BCUT2D eigenvalue weighted by Gasteiger charge is 2.39. The number of fused-ring (bicyclic) bond motifs is 1. The molecule has 0 aliphatic heterocycles. The number of rotatable bonds is 1. The molecule has 0 bridgehead atoms. The summed E-state index contributed by atoms with van der Waals surface area (Å²) in [6.07, 6.45) is 2.27. The Morgan fingerprint density at radius 1 is 0.810 bits per heavy atom. The molecule has 1 aliphatic rings. The smallest absolute Gasteiger partial charge is 0.127 e. The summed E-state index contributed by atoms with van der Waals surface area (Å²) in [6.45, 7) is 9.05. The van der Waals surface area contributed by atoms with E-state index in [9.17, 15) is 5.11 Å². The van der Waals surface area contributed by atoms with E-state index in [-0.39, 0.29) is 10.8 Å². The molecule has 1 N–H and O–H groups in total. The lowest BCUT2D eigenvalue weighted by molar-refractivity contribution is 0.318. The topological polar surface area (TPSA) is 20.2 Å². The number of benzene rings is 2. The lowest BCUT2D eigenvalue weighted by Gasteiger charge is -2.42. The van der Waals surface area contributed by atoms with Gasteiger partial charge in [-0.1, -0.05) is 70.2 Å². The Bertz CT molecular complexity index is 666. The Kier molecular flexibility index (Phi) is 3.12. The van der Waals surface area contributed by atoms with Gasteiger partial charge in [-0.15, -0.1) is 0 Å². The molecule has 110 valence electrons. The summed E-state index contributed by atoms with van der Waals surface area (Å²) in [7, 11) is 0. The molecule has 0 fully saturated rings. The first-order valence-electron chi connectivity index (χ1n) is 7.75. The standard InChI is InChI=1S/C20H24O/c1-19(2)12-13-20(3,4)17-16(19)11-10-15(18(17)21)14-8-6-5-7-9-14/h5-11,21H,12-13H2,1-4H3. The van der Waals surface area contributed by atoms with Gasteiger partial charge in [0.1, 0.15) is 5.75 Å². The molecule has 0 saturated heterocycles. The van der Waals surface area contributed by atoms with Crippen LogP contribution in [-0.2, 0) is 10.8 Å². The zero-order valence-corrected chi connectivity index (χ0v) is 13.4. The van der Waals surface area contributed by atoms with Crippen molar-refractivity contribution in [3.63, 3.8) is 0 Å². The van der Waals surface area contributed by atoms with Gasteiger partial charge in [0.15, 0.2) is 0 Å². The lowest BCUT2D eigenvalue weighted by Crippen LogP contribution is -2.33. The third-order valence-corrected chi connectivity index (χ3v) is 5.04. The summed E-state index contributed by atoms with van der Waals surface area (Å²) in [5.74, 6) is 0.469. The average molecular weight is 280 g/mol. The molecule has 3 rings (SSSR count). The van der Waals surface area contributed by atoms with Crippen LogP contribution in [0.4, 0.5) is 0 Å². The van der Waals surface area contributed by atoms with Crippen LogP contribution in [0.15, 0.2) is 42.5 Å². The zero-order chi connectivity index (χ0) is 15.3. The first kappa shape index (κ1) is 14.2. The molecule has 21 heavy (non-hydrogen) atoms. The van der Waals surface area contributed by atoms with Crippen LogP contribution in [0, 0.1) is 0 Å². The van der Waals surface area contributed by atoms with Crippen LogP contribution in [-0.4, -0.2) is 5.11 Å². The Morgan fingerprint density at radius 2 is 1.43 bits per heavy atom. The molecule has 1 heteroatoms. The summed E-state index contributed by atoms with van der Waals surface area (Å²) < 4.78 is 0. The Hall–Kier alpha value is -1.76. The molecule has 2 aromatic rings. The van der Waals surface area contributed by atoms with Gasteiger partial charge in [0.05, 0.1) is 0 Å². The highest BCUT2D eigenvalue weighted by Crippen LogP contribution is 2.51. The summed E-state index contributed by atoms with van der Waals surface area (Å²) in [6, 6.07) is 14.5. The minimum atomic E-state index is 0.0275. The number of hydrogen-bond donors (Lipinski definition) is 1. The van der Waals surface area contributed by atoms with Gasteiger partial charge >= 0.3 is 0 Å². The number of phenolic OH excluding ortho intramolecular Hbond substituents is 1. The zero-order valence-electron chi connectivity index (χ0n) is 13.4. The maximum absolute atomic E-state index is 11.0. The van der Waals surface area contributed by atoms with Crippen molar-refractivity contribution in [3.05, 3.63) is 53.6 Å². The van der Waals surface area contributed by atoms with Crippen LogP contribution in [0.3, 0.4) is 0 Å². The maximum atomic E-state index is 11.0. The van der Waals surface area contributed by atoms with Crippen LogP contribution in [0.1, 0.15) is 51.7 Å². The number of phenols is 1. The van der Waals surface area contributed by atoms with E-state index in [2.05, 4.69) is 52.0 Å². The second-order valence-electron chi connectivity index (χ2n) is 7.52. The third-order valence-electron chi connectivity index (χ3n) is 5.04. The molecule has 0 radical (unpaired) electrons. The van der Waals surface area contributed by atoms with E-state index >= 15 is 0 Å². The Balaban J connectivity index is 2.26. The van der Waals surface area contributed by atoms with Crippen LogP contribution in [0.5, 0.6) is 5.75 Å². The fraction of sp³-hybridized carbons (Fsp3) is 0.400. The van der Waals surface area contributed by atoms with Gasteiger partial charge in [0.25, 0.3) is 0 Å². The fourth-order valence-electron chi connectivity index (χ4n) is 3.58. The minimum absolute atomic E-state index is 0.0275. The highest BCUT2D eigenvalue weighted by molar-refractivity contribution is 5.74. The molecule has 0 saturated carbocycles. The van der Waals surface area contributed by atoms with Gasteiger partial charge in [-0.2, -0.15) is 0 Å². The van der Waals surface area contributed by atoms with E-state index in [1.165, 1.54) is 5.56 Å². The highest BCUT2D eigenvalue weighted by atomic mass is 16.3. The molecule has 0 atom stereocenters. The average Bonchev–Trinajstić information content (AvgIpc) is 2.44. The van der Waals surface area contributed by atoms with Crippen molar-refractivity contribution in [3.8, 4) is 16.9 Å². The normalized spacial score (nSPS) is 19.0. The maximum Gasteiger partial charge on any atom is 0.127 e. The van der Waals surface area contributed by atoms with Crippen molar-refractivity contribution < 1.29 is 5.11 Å². The van der Waals surface area contributed by atoms with Crippen molar-refractivity contribution in [2.24, 2.45) is 0 Å². The van der Waals surface area contributed by atoms with E-state index in [0.717, 1.165) is 29.5 Å². The predicted molar refractivity (Wildman–Crippen MR) is 88.8 cm³/mol. The van der Waals surface area contributed by atoms with Gasteiger partial charge < -0.3 is 5.11 Å². The molecule has 0 aromatic heterocycles. The van der Waals surface area contributed by atoms with E-state index in [0.29, 0.717) is 5.75 Å². The summed E-state index contributed by atoms with van der Waals surface area (Å²) in [5, 5.41) is 11.0. The van der Waals surface area contributed by atoms with Crippen LogP contribution >= 0.6 is 0 Å². The van der Waals surface area contributed by atoms with Crippen LogP contribution in [0.2, 0.25) is 0 Å². The Labute approximate surface area is 127 Å². The first-order chi connectivity index (χ1) is 9.83. The van der Waals surface area contributed by atoms with E-state index in [1.54, 1.807) is 0 Å². The van der Waals surface area contributed by atoms with E-state index in [1.807, 2.05) is 18.2 Å². The van der Waals surface area contributed by atoms with Crippen LogP contribution in [0.25, 0.3) is 11.1 Å². The molecule has 0 heterocycles. The van der Waals surface area contributed by atoms with Crippen molar-refractivity contribution in [1.82, 2.24) is 0 Å². The molecule has 0 spiro atoms. The number of hydrogen-bond acceptors (Lipinski definition) is 1. The second-order valence-corrected chi connectivity index (χ2v) is 7.52. The van der Waals surface area contributed by atoms with Gasteiger partial charge in [0.2, 0.25) is 0 Å². The minimum Gasteiger partial charge on any atom is -0.507 e. The lowest BCUT2D eigenvalue weighted by atomic mass is 9.62. The van der Waals surface area contributed by atoms with E-state index < -0.39 is 0 Å². The summed E-state index contributed by atoms with van der Waals surface area (Å²) in [5.41, 5.74) is 4.63. The summed E-state index contributed by atoms with van der Waals surface area (Å²) >= 11 is 0. The van der Waals surface area contributed by atoms with Gasteiger partial charge in [-0.25, -0.2) is 0 Å². The second kappa shape index (κ2) is 4.62. The van der Waals surface area contributed by atoms with Gasteiger partial charge in [-0.3, -0.25) is 0 Å². The molecule has 1 aliphatic carbocycles. The molecular formula is C20H24O. The van der Waals surface area contributed by atoms with Gasteiger partial charge in [-0.05, 0) is 34.8 Å². The molecule has 2 aromatic carbocycles. The number of aromatic hydroxyl groups is 1. The van der Waals surface area contributed by atoms with Crippen molar-refractivity contribution in [1.29, 1.82) is 0 Å². The Morgan fingerprint density at radius 3 is 2.10 bits per heavy atom. The van der Waals surface area contributed by atoms with Gasteiger partial charge in [0, 0.05) is 11.1 Å². The fourth-order valence-corrected chi connectivity index (χ4v) is 3.58. The van der Waals surface area contributed by atoms with Crippen molar-refractivity contribution in [2.75, 3.05) is 0 Å². The molecule has 1 nitrogen and oxygen atoms in total. The van der Waals surface area contributed by atoms with Crippen LogP contribution < -0.4 is 0 Å². The summed E-state index contributed by atoms with van der Waals surface area (Å²) in [4.78, 5) is 0. The van der Waals surface area contributed by atoms with Crippen molar-refractivity contribution in [2.45, 2.75) is 51.4 Å². The molecule has 0 unspecified atom stereocenters.